The second-order valence-corrected chi connectivity index (χ2v) is 8.73. The third-order valence-electron chi connectivity index (χ3n) is 4.22. The maximum atomic E-state index is 12.5. The van der Waals surface area contributed by atoms with E-state index >= 15 is 0 Å². The molecule has 6 nitrogen and oxygen atoms in total. The van der Waals surface area contributed by atoms with E-state index in [2.05, 4.69) is 10.6 Å². The Balaban J connectivity index is 2.19. The molecule has 0 spiro atoms. The number of carbonyl (C=O) groups is 3. The lowest BCUT2D eigenvalue weighted by atomic mass is 9.76. The first-order chi connectivity index (χ1) is 11.3. The number of furan rings is 1. The molecule has 0 fully saturated rings. The molecule has 1 aliphatic carbocycles. The molecule has 1 unspecified atom stereocenters. The van der Waals surface area contributed by atoms with E-state index in [-0.39, 0.29) is 28.4 Å². The smallest absolute Gasteiger partial charge is 0.287 e. The lowest BCUT2D eigenvalue weighted by molar-refractivity contribution is -0.124. The summed E-state index contributed by atoms with van der Waals surface area (Å²) in [6, 6.07) is -0.708. The minimum atomic E-state index is -0.708. The van der Waals surface area contributed by atoms with Crippen molar-refractivity contribution in [2.75, 3.05) is 0 Å². The molecule has 2 rings (SSSR count). The van der Waals surface area contributed by atoms with E-state index in [1.165, 1.54) is 0 Å². The number of fused-ring (bicyclic) bond motifs is 1. The fourth-order valence-corrected chi connectivity index (χ4v) is 3.10. The van der Waals surface area contributed by atoms with Crippen LogP contribution in [0.2, 0.25) is 0 Å². The molecule has 0 saturated heterocycles. The van der Waals surface area contributed by atoms with Crippen LogP contribution >= 0.6 is 0 Å². The summed E-state index contributed by atoms with van der Waals surface area (Å²) in [5.74, 6) is -0.0617. The van der Waals surface area contributed by atoms with Crippen LogP contribution < -0.4 is 10.6 Å². The molecule has 0 radical (unpaired) electrons. The monoisotopic (exact) mass is 348 g/mol. The van der Waals surface area contributed by atoms with Gasteiger partial charge in [-0.2, -0.15) is 0 Å². The van der Waals surface area contributed by atoms with Crippen molar-refractivity contribution < 1.29 is 18.8 Å². The van der Waals surface area contributed by atoms with Gasteiger partial charge in [0.15, 0.2) is 11.5 Å². The highest BCUT2D eigenvalue weighted by Gasteiger charge is 2.37. The van der Waals surface area contributed by atoms with Gasteiger partial charge in [-0.15, -0.1) is 0 Å². The second-order valence-electron chi connectivity index (χ2n) is 8.73. The number of nitrogens with one attached hydrogen (secondary N) is 2. The Morgan fingerprint density at radius 3 is 2.36 bits per heavy atom. The second kappa shape index (κ2) is 6.32. The number of rotatable bonds is 3. The summed E-state index contributed by atoms with van der Waals surface area (Å²) in [7, 11) is 0. The molecule has 0 aromatic carbocycles. The van der Waals surface area contributed by atoms with Gasteiger partial charge in [-0.3, -0.25) is 14.4 Å². The number of carbonyl (C=O) groups excluding carboxylic acids is 3. The Kier molecular flexibility index (Phi) is 4.86. The Morgan fingerprint density at radius 1 is 1.20 bits per heavy atom. The highest BCUT2D eigenvalue weighted by atomic mass is 16.4. The molecule has 6 heteroatoms. The molecule has 0 bridgehead atoms. The van der Waals surface area contributed by atoms with Crippen LogP contribution in [0.3, 0.4) is 0 Å². The summed E-state index contributed by atoms with van der Waals surface area (Å²) >= 11 is 0. The summed E-state index contributed by atoms with van der Waals surface area (Å²) in [6.45, 7) is 13.0. The van der Waals surface area contributed by atoms with E-state index in [1.807, 2.05) is 34.6 Å². The average molecular weight is 348 g/mol. The zero-order valence-corrected chi connectivity index (χ0v) is 16.1. The van der Waals surface area contributed by atoms with Crippen molar-refractivity contribution in [1.29, 1.82) is 0 Å². The van der Waals surface area contributed by atoms with Gasteiger partial charge in [0.2, 0.25) is 5.91 Å². The van der Waals surface area contributed by atoms with Crippen LogP contribution in [-0.2, 0) is 11.2 Å². The van der Waals surface area contributed by atoms with Gasteiger partial charge in [-0.25, -0.2) is 0 Å². The topological polar surface area (TPSA) is 88.4 Å². The van der Waals surface area contributed by atoms with Crippen molar-refractivity contribution in [3.63, 3.8) is 0 Å². The Bertz CT molecular complexity index is 723. The molecule has 0 saturated carbocycles. The lowest BCUT2D eigenvalue weighted by Crippen LogP contribution is -2.50. The molecule has 1 aliphatic rings. The predicted octanol–water partition coefficient (Wildman–Crippen LogP) is 2.78. The average Bonchev–Trinajstić information content (AvgIpc) is 2.72. The number of Topliss-reactive ketones (excluding diaryl/α,β-unsaturated/α-hetero) is 1. The van der Waals surface area contributed by atoms with Gasteiger partial charge in [0.25, 0.3) is 5.91 Å². The number of hydrogen-bond donors (Lipinski definition) is 2. The highest BCUT2D eigenvalue weighted by Crippen LogP contribution is 2.38. The molecular formula is C19H28N2O4. The van der Waals surface area contributed by atoms with E-state index in [4.69, 9.17) is 4.42 Å². The van der Waals surface area contributed by atoms with Crippen molar-refractivity contribution in [3.05, 3.63) is 22.6 Å². The van der Waals surface area contributed by atoms with E-state index in [1.54, 1.807) is 13.8 Å². The quantitative estimate of drug-likeness (QED) is 0.879. The normalized spacial score (nSPS) is 17.6. The van der Waals surface area contributed by atoms with E-state index < -0.39 is 11.9 Å². The van der Waals surface area contributed by atoms with Crippen LogP contribution in [0.4, 0.5) is 0 Å². The van der Waals surface area contributed by atoms with Gasteiger partial charge in [0.05, 0.1) is 5.56 Å². The zero-order chi connectivity index (χ0) is 19.2. The molecule has 1 heterocycles. The van der Waals surface area contributed by atoms with Crippen molar-refractivity contribution in [2.45, 2.75) is 72.9 Å². The number of ketones is 1. The fraction of sp³-hybridized carbons (Fsp3) is 0.632. The van der Waals surface area contributed by atoms with Crippen LogP contribution in [0.15, 0.2) is 4.42 Å². The summed E-state index contributed by atoms with van der Waals surface area (Å²) in [5.41, 5.74) is 0.517. The molecule has 2 amide bonds. The van der Waals surface area contributed by atoms with Crippen molar-refractivity contribution in [1.82, 2.24) is 10.6 Å². The summed E-state index contributed by atoms with van der Waals surface area (Å²) in [6.07, 6.45) is 1.05. The van der Waals surface area contributed by atoms with E-state index in [0.717, 1.165) is 0 Å². The Morgan fingerprint density at radius 2 is 1.80 bits per heavy atom. The van der Waals surface area contributed by atoms with Crippen LogP contribution in [0.1, 0.15) is 80.2 Å². The molecule has 1 aromatic rings. The first-order valence-corrected chi connectivity index (χ1v) is 8.59. The molecule has 1 aromatic heterocycles. The predicted molar refractivity (Wildman–Crippen MR) is 94.7 cm³/mol. The fourth-order valence-electron chi connectivity index (χ4n) is 3.10. The van der Waals surface area contributed by atoms with Gasteiger partial charge in [-0.1, -0.05) is 13.8 Å². The van der Waals surface area contributed by atoms with Gasteiger partial charge in [0.1, 0.15) is 11.8 Å². The summed E-state index contributed by atoms with van der Waals surface area (Å²) < 4.78 is 5.72. The first-order valence-electron chi connectivity index (χ1n) is 8.59. The molecule has 25 heavy (non-hydrogen) atoms. The van der Waals surface area contributed by atoms with Crippen molar-refractivity contribution >= 4 is 17.6 Å². The minimum absolute atomic E-state index is 0.00470. The Labute approximate surface area is 148 Å². The third-order valence-corrected chi connectivity index (χ3v) is 4.22. The first kappa shape index (κ1) is 19.2. The van der Waals surface area contributed by atoms with Crippen LogP contribution in [-0.4, -0.2) is 29.2 Å². The van der Waals surface area contributed by atoms with Gasteiger partial charge < -0.3 is 15.1 Å². The summed E-state index contributed by atoms with van der Waals surface area (Å²) in [5, 5.41) is 5.47. The van der Waals surface area contributed by atoms with Crippen LogP contribution in [0.5, 0.6) is 0 Å². The van der Waals surface area contributed by atoms with E-state index in [0.29, 0.717) is 29.7 Å². The third kappa shape index (κ3) is 4.30. The van der Waals surface area contributed by atoms with Gasteiger partial charge in [0, 0.05) is 23.9 Å². The molecule has 0 aliphatic heterocycles. The maximum absolute atomic E-state index is 12.5. The van der Waals surface area contributed by atoms with Crippen molar-refractivity contribution in [3.8, 4) is 0 Å². The zero-order valence-electron chi connectivity index (χ0n) is 16.1. The minimum Gasteiger partial charge on any atom is -0.455 e. The number of hydrogen-bond acceptors (Lipinski definition) is 4. The SMILES string of the molecule is Cc1c(C(=O)NC(C)C(=O)NC(C)(C)C)oc2c1C(=O)CC(C)(C)C2. The summed E-state index contributed by atoms with van der Waals surface area (Å²) in [4.78, 5) is 37.1. The molecule has 1 atom stereocenters. The van der Waals surface area contributed by atoms with E-state index in [9.17, 15) is 14.4 Å². The van der Waals surface area contributed by atoms with Gasteiger partial charge in [-0.05, 0) is 40.0 Å². The maximum Gasteiger partial charge on any atom is 0.287 e. The largest absolute Gasteiger partial charge is 0.455 e. The molecular weight excluding hydrogens is 320 g/mol. The number of amides is 2. The standard InChI is InChI=1S/C19H28N2O4/c1-10-14-12(22)8-19(6,7)9-13(14)25-15(10)17(24)20-11(2)16(23)21-18(3,4)5/h11H,8-9H2,1-7H3,(H,20,24)(H,21,23). The van der Waals surface area contributed by atoms with Gasteiger partial charge >= 0.3 is 0 Å². The van der Waals surface area contributed by atoms with Crippen LogP contribution in [0.25, 0.3) is 0 Å². The highest BCUT2D eigenvalue weighted by molar-refractivity contribution is 6.04. The lowest BCUT2D eigenvalue weighted by Gasteiger charge is -2.27. The van der Waals surface area contributed by atoms with Crippen molar-refractivity contribution in [2.24, 2.45) is 5.41 Å². The Hall–Kier alpha value is -2.11. The molecule has 138 valence electrons. The molecule has 2 N–H and O–H groups in total. The van der Waals surface area contributed by atoms with Crippen LogP contribution in [0, 0.1) is 12.3 Å².